The Morgan fingerprint density at radius 2 is 2.11 bits per heavy atom. The molecule has 9 heteroatoms. The monoisotopic (exact) mass is 379 g/mol. The SMILES string of the molecule is O=C(Nc1cccc2nn3c(C4CCNCC4)cc(=O)[nH]c3c12)C1C=CNN1. The van der Waals surface area contributed by atoms with E-state index in [9.17, 15) is 9.59 Å². The van der Waals surface area contributed by atoms with Crippen LogP contribution in [0, 0.1) is 0 Å². The van der Waals surface area contributed by atoms with Crippen LogP contribution in [0.3, 0.4) is 0 Å². The van der Waals surface area contributed by atoms with Gasteiger partial charge in [0.05, 0.1) is 22.3 Å². The minimum Gasteiger partial charge on any atom is -0.328 e. The van der Waals surface area contributed by atoms with Crippen molar-refractivity contribution in [3.63, 3.8) is 0 Å². The van der Waals surface area contributed by atoms with E-state index in [0.717, 1.165) is 42.5 Å². The summed E-state index contributed by atoms with van der Waals surface area (Å²) in [6.45, 7) is 1.86. The van der Waals surface area contributed by atoms with E-state index in [0.29, 0.717) is 11.3 Å². The minimum absolute atomic E-state index is 0.159. The number of nitrogens with one attached hydrogen (secondary N) is 5. The Kier molecular flexibility index (Phi) is 4.10. The fourth-order valence-electron chi connectivity index (χ4n) is 3.99. The molecule has 1 unspecified atom stereocenters. The Balaban J connectivity index is 1.64. The zero-order valence-electron chi connectivity index (χ0n) is 15.2. The van der Waals surface area contributed by atoms with E-state index in [1.54, 1.807) is 18.3 Å². The number of hydrogen-bond acceptors (Lipinski definition) is 6. The van der Waals surface area contributed by atoms with Gasteiger partial charge in [0.25, 0.3) is 5.56 Å². The topological polar surface area (TPSA) is 115 Å². The van der Waals surface area contributed by atoms with Crippen LogP contribution >= 0.6 is 0 Å². The van der Waals surface area contributed by atoms with Crippen LogP contribution in [0.25, 0.3) is 16.6 Å². The number of benzene rings is 1. The molecule has 28 heavy (non-hydrogen) atoms. The Hall–Kier alpha value is -3.17. The van der Waals surface area contributed by atoms with Crippen molar-refractivity contribution in [2.75, 3.05) is 18.4 Å². The molecule has 4 heterocycles. The van der Waals surface area contributed by atoms with E-state index in [4.69, 9.17) is 5.10 Å². The van der Waals surface area contributed by atoms with Gasteiger partial charge in [0.15, 0.2) is 0 Å². The lowest BCUT2D eigenvalue weighted by atomic mass is 9.94. The van der Waals surface area contributed by atoms with Crippen molar-refractivity contribution in [3.05, 3.63) is 52.6 Å². The molecule has 0 radical (unpaired) electrons. The highest BCUT2D eigenvalue weighted by Gasteiger charge is 2.23. The summed E-state index contributed by atoms with van der Waals surface area (Å²) in [5.41, 5.74) is 8.37. The molecule has 0 aliphatic carbocycles. The number of piperidine rings is 1. The Morgan fingerprint density at radius 1 is 1.25 bits per heavy atom. The molecule has 0 spiro atoms. The Morgan fingerprint density at radius 3 is 2.89 bits per heavy atom. The summed E-state index contributed by atoms with van der Waals surface area (Å²) >= 11 is 0. The van der Waals surface area contributed by atoms with Crippen LogP contribution in [0.1, 0.15) is 24.5 Å². The number of hydrogen-bond donors (Lipinski definition) is 5. The van der Waals surface area contributed by atoms with Crippen molar-refractivity contribution in [2.24, 2.45) is 0 Å². The lowest BCUT2D eigenvalue weighted by Crippen LogP contribution is -2.40. The van der Waals surface area contributed by atoms with Gasteiger partial charge < -0.3 is 21.0 Å². The second kappa shape index (κ2) is 6.77. The van der Waals surface area contributed by atoms with Crippen molar-refractivity contribution in [3.8, 4) is 0 Å². The first-order valence-electron chi connectivity index (χ1n) is 9.45. The molecular formula is C19H21N7O2. The van der Waals surface area contributed by atoms with Gasteiger partial charge in [-0.3, -0.25) is 9.59 Å². The molecule has 0 saturated carbocycles. The molecule has 1 aromatic carbocycles. The molecule has 2 aromatic heterocycles. The molecule has 1 saturated heterocycles. The average molecular weight is 379 g/mol. The molecule has 9 nitrogen and oxygen atoms in total. The van der Waals surface area contributed by atoms with Gasteiger partial charge in [-0.2, -0.15) is 5.10 Å². The van der Waals surface area contributed by atoms with Crippen molar-refractivity contribution in [1.82, 2.24) is 30.8 Å². The number of rotatable bonds is 3. The molecule has 2 aliphatic rings. The maximum absolute atomic E-state index is 12.5. The van der Waals surface area contributed by atoms with Crippen LogP contribution in [0.4, 0.5) is 5.69 Å². The number of amides is 1. The quantitative estimate of drug-likeness (QED) is 0.455. The molecule has 144 valence electrons. The highest BCUT2D eigenvalue weighted by Crippen LogP contribution is 2.30. The van der Waals surface area contributed by atoms with E-state index < -0.39 is 6.04 Å². The number of anilines is 1. The third-order valence-corrected chi connectivity index (χ3v) is 5.37. The zero-order valence-corrected chi connectivity index (χ0v) is 15.2. The summed E-state index contributed by atoms with van der Waals surface area (Å²) in [5.74, 6) is 0.0854. The molecule has 1 fully saturated rings. The summed E-state index contributed by atoms with van der Waals surface area (Å²) in [4.78, 5) is 27.8. The summed E-state index contributed by atoms with van der Waals surface area (Å²) in [6.07, 6.45) is 5.35. The van der Waals surface area contributed by atoms with Crippen molar-refractivity contribution in [1.29, 1.82) is 0 Å². The molecule has 2 aliphatic heterocycles. The van der Waals surface area contributed by atoms with Crippen molar-refractivity contribution >= 4 is 28.1 Å². The van der Waals surface area contributed by atoms with Crippen LogP contribution < -0.4 is 27.0 Å². The molecule has 1 amide bonds. The van der Waals surface area contributed by atoms with E-state index in [2.05, 4.69) is 26.5 Å². The van der Waals surface area contributed by atoms with Gasteiger partial charge in [-0.15, -0.1) is 0 Å². The highest BCUT2D eigenvalue weighted by molar-refractivity contribution is 6.08. The van der Waals surface area contributed by atoms with Crippen LogP contribution in [0.15, 0.2) is 41.3 Å². The number of H-pyrrole nitrogens is 1. The van der Waals surface area contributed by atoms with Crippen LogP contribution in [0.2, 0.25) is 0 Å². The predicted molar refractivity (Wildman–Crippen MR) is 106 cm³/mol. The Bertz CT molecular complexity index is 1140. The van der Waals surface area contributed by atoms with Gasteiger partial charge in [0, 0.05) is 18.2 Å². The first-order chi connectivity index (χ1) is 13.7. The van der Waals surface area contributed by atoms with Crippen molar-refractivity contribution in [2.45, 2.75) is 24.8 Å². The number of nitrogens with zero attached hydrogens (tertiary/aromatic N) is 2. The number of hydrazine groups is 1. The van der Waals surface area contributed by atoms with Crippen LogP contribution in [-0.2, 0) is 4.79 Å². The van der Waals surface area contributed by atoms with E-state index >= 15 is 0 Å². The van der Waals surface area contributed by atoms with Crippen LogP contribution in [-0.4, -0.2) is 39.6 Å². The van der Waals surface area contributed by atoms with Crippen LogP contribution in [0.5, 0.6) is 0 Å². The smallest absolute Gasteiger partial charge is 0.251 e. The zero-order chi connectivity index (χ0) is 19.1. The second-order valence-electron chi connectivity index (χ2n) is 7.16. The minimum atomic E-state index is -0.457. The lowest BCUT2D eigenvalue weighted by Gasteiger charge is -2.23. The molecular weight excluding hydrogens is 358 g/mol. The molecule has 3 aromatic rings. The van der Waals surface area contributed by atoms with Gasteiger partial charge in [0.2, 0.25) is 5.91 Å². The van der Waals surface area contributed by atoms with Gasteiger partial charge in [-0.25, -0.2) is 9.94 Å². The lowest BCUT2D eigenvalue weighted by molar-refractivity contribution is -0.117. The largest absolute Gasteiger partial charge is 0.328 e. The summed E-state index contributed by atoms with van der Waals surface area (Å²) in [7, 11) is 0. The fraction of sp³-hybridized carbons (Fsp3) is 0.316. The molecule has 1 atom stereocenters. The number of carbonyl (C=O) groups excluding carboxylic acids is 1. The third kappa shape index (κ3) is 2.85. The number of carbonyl (C=O) groups is 1. The summed E-state index contributed by atoms with van der Waals surface area (Å²) < 4.78 is 1.83. The highest BCUT2D eigenvalue weighted by atomic mass is 16.2. The number of fused-ring (bicyclic) bond motifs is 3. The van der Waals surface area contributed by atoms with E-state index in [-0.39, 0.29) is 17.4 Å². The first kappa shape index (κ1) is 17.0. The summed E-state index contributed by atoms with van der Waals surface area (Å²) in [6, 6.07) is 6.75. The van der Waals surface area contributed by atoms with E-state index in [1.165, 1.54) is 0 Å². The standard InChI is InChI=1S/C19H21N7O2/c27-16-10-15(11-4-7-20-8-5-11)26-18(23-16)17-12(2-1-3-13(17)25-26)22-19(28)14-6-9-21-24-14/h1-3,6,9-11,14,20-21,24H,4-5,7-8H2,(H,22,28)(H,23,27). The fourth-order valence-corrected chi connectivity index (χ4v) is 3.99. The van der Waals surface area contributed by atoms with E-state index in [1.807, 2.05) is 22.7 Å². The number of aromatic nitrogens is 3. The third-order valence-electron chi connectivity index (χ3n) is 5.37. The molecule has 5 N–H and O–H groups in total. The van der Waals surface area contributed by atoms with Gasteiger partial charge in [-0.05, 0) is 44.1 Å². The molecule has 0 bridgehead atoms. The van der Waals surface area contributed by atoms with Gasteiger partial charge in [-0.1, -0.05) is 6.07 Å². The average Bonchev–Trinajstić information content (AvgIpc) is 3.36. The van der Waals surface area contributed by atoms with Gasteiger partial charge >= 0.3 is 0 Å². The summed E-state index contributed by atoms with van der Waals surface area (Å²) in [5, 5.41) is 11.8. The molecule has 5 rings (SSSR count). The first-order valence-corrected chi connectivity index (χ1v) is 9.45. The maximum Gasteiger partial charge on any atom is 0.251 e. The number of aromatic amines is 1. The predicted octanol–water partition coefficient (Wildman–Crippen LogP) is 0.571. The van der Waals surface area contributed by atoms with Gasteiger partial charge in [0.1, 0.15) is 11.7 Å². The Labute approximate surface area is 160 Å². The van der Waals surface area contributed by atoms with Crippen molar-refractivity contribution < 1.29 is 4.79 Å². The normalized spacial score (nSPS) is 19.9. The second-order valence-corrected chi connectivity index (χ2v) is 7.16. The maximum atomic E-state index is 12.5.